The molecule has 0 radical (unpaired) electrons. The molecule has 0 spiro atoms. The highest BCUT2D eigenvalue weighted by atomic mass is 19.1. The van der Waals surface area contributed by atoms with Gasteiger partial charge in [0.2, 0.25) is 0 Å². The van der Waals surface area contributed by atoms with E-state index in [1.807, 2.05) is 13.0 Å². The maximum absolute atomic E-state index is 13.4. The van der Waals surface area contributed by atoms with Crippen LogP contribution in [0.1, 0.15) is 30.5 Å². The average Bonchev–Trinajstić information content (AvgIpc) is 2.69. The molecule has 0 atom stereocenters. The van der Waals surface area contributed by atoms with E-state index in [-0.39, 0.29) is 11.4 Å². The fraction of sp³-hybridized carbons (Fsp3) is 0.333. The van der Waals surface area contributed by atoms with Crippen molar-refractivity contribution in [3.05, 3.63) is 58.9 Å². The van der Waals surface area contributed by atoms with Gasteiger partial charge in [0.15, 0.2) is 0 Å². The molecule has 0 fully saturated rings. The Kier molecular flexibility index (Phi) is 3.36. The predicted octanol–water partition coefficient (Wildman–Crippen LogP) is 4.46. The lowest BCUT2D eigenvalue weighted by molar-refractivity contribution is 0.137. The number of benzene rings is 2. The van der Waals surface area contributed by atoms with Crippen molar-refractivity contribution >= 4 is 5.69 Å². The fourth-order valence-corrected chi connectivity index (χ4v) is 2.85. The molecule has 1 aliphatic heterocycles. The second kappa shape index (κ2) is 5.06. The lowest BCUT2D eigenvalue weighted by Crippen LogP contribution is -2.25. The standard InChI is InChI=1S/C18H20FNO/c1-12-7-15(19)9-16(8-12)20-11-14-6-4-5-13-10-18(2,3)21-17(13)14/h4-9,20H,10-11H2,1-3H3. The van der Waals surface area contributed by atoms with Crippen molar-refractivity contribution in [3.63, 3.8) is 0 Å². The Bertz CT molecular complexity index is 659. The Hall–Kier alpha value is -2.03. The first kappa shape index (κ1) is 13.9. The van der Waals surface area contributed by atoms with Crippen molar-refractivity contribution in [3.8, 4) is 5.75 Å². The van der Waals surface area contributed by atoms with E-state index in [0.717, 1.165) is 29.0 Å². The van der Waals surface area contributed by atoms with Crippen molar-refractivity contribution < 1.29 is 9.13 Å². The summed E-state index contributed by atoms with van der Waals surface area (Å²) in [6.07, 6.45) is 0.926. The van der Waals surface area contributed by atoms with Gasteiger partial charge in [0, 0.05) is 24.2 Å². The van der Waals surface area contributed by atoms with Crippen LogP contribution in [0.25, 0.3) is 0 Å². The fourth-order valence-electron chi connectivity index (χ4n) is 2.85. The largest absolute Gasteiger partial charge is 0.487 e. The van der Waals surface area contributed by atoms with Crippen LogP contribution in [0.2, 0.25) is 0 Å². The molecule has 0 saturated carbocycles. The zero-order valence-electron chi connectivity index (χ0n) is 12.7. The third-order valence-corrected chi connectivity index (χ3v) is 3.70. The van der Waals surface area contributed by atoms with Crippen molar-refractivity contribution in [2.75, 3.05) is 5.32 Å². The maximum Gasteiger partial charge on any atom is 0.128 e. The molecule has 3 rings (SSSR count). The Morgan fingerprint density at radius 2 is 2.05 bits per heavy atom. The monoisotopic (exact) mass is 285 g/mol. The van der Waals surface area contributed by atoms with Gasteiger partial charge >= 0.3 is 0 Å². The summed E-state index contributed by atoms with van der Waals surface area (Å²) in [5.74, 6) is 0.760. The molecule has 2 aromatic carbocycles. The number of aryl methyl sites for hydroxylation is 1. The SMILES string of the molecule is Cc1cc(F)cc(NCc2cccc3c2OC(C)(C)C3)c1. The number of ether oxygens (including phenoxy) is 1. The van der Waals surface area contributed by atoms with Gasteiger partial charge in [0.1, 0.15) is 17.2 Å². The van der Waals surface area contributed by atoms with E-state index < -0.39 is 0 Å². The molecule has 0 aliphatic carbocycles. The van der Waals surface area contributed by atoms with Crippen LogP contribution in [0.5, 0.6) is 5.75 Å². The van der Waals surface area contributed by atoms with Gasteiger partial charge in [0.05, 0.1) is 0 Å². The van der Waals surface area contributed by atoms with Crippen LogP contribution < -0.4 is 10.1 Å². The van der Waals surface area contributed by atoms with Gasteiger partial charge in [-0.25, -0.2) is 4.39 Å². The van der Waals surface area contributed by atoms with Gasteiger partial charge in [-0.1, -0.05) is 18.2 Å². The van der Waals surface area contributed by atoms with Gasteiger partial charge in [-0.2, -0.15) is 0 Å². The second-order valence-corrected chi connectivity index (χ2v) is 6.31. The summed E-state index contributed by atoms with van der Waals surface area (Å²) in [5, 5.41) is 3.28. The van der Waals surface area contributed by atoms with E-state index >= 15 is 0 Å². The van der Waals surface area contributed by atoms with Crippen molar-refractivity contribution in [1.82, 2.24) is 0 Å². The number of hydrogen-bond donors (Lipinski definition) is 1. The molecule has 3 heteroatoms. The molecule has 1 aliphatic rings. The average molecular weight is 285 g/mol. The van der Waals surface area contributed by atoms with E-state index in [1.165, 1.54) is 17.7 Å². The van der Waals surface area contributed by atoms with E-state index in [1.54, 1.807) is 0 Å². The van der Waals surface area contributed by atoms with Crippen molar-refractivity contribution in [1.29, 1.82) is 0 Å². The molecule has 2 aromatic rings. The molecule has 21 heavy (non-hydrogen) atoms. The number of anilines is 1. The summed E-state index contributed by atoms with van der Waals surface area (Å²) in [7, 11) is 0. The van der Waals surface area contributed by atoms with Gasteiger partial charge in [-0.05, 0) is 50.1 Å². The first-order valence-corrected chi connectivity index (χ1v) is 7.24. The van der Waals surface area contributed by atoms with Crippen LogP contribution in [0.3, 0.4) is 0 Å². The molecule has 0 amide bonds. The summed E-state index contributed by atoms with van der Waals surface area (Å²) in [6.45, 7) is 6.71. The van der Waals surface area contributed by atoms with E-state index in [9.17, 15) is 4.39 Å². The smallest absolute Gasteiger partial charge is 0.128 e. The molecule has 0 unspecified atom stereocenters. The van der Waals surface area contributed by atoms with E-state index in [2.05, 4.69) is 37.4 Å². The van der Waals surface area contributed by atoms with Gasteiger partial charge in [-0.15, -0.1) is 0 Å². The second-order valence-electron chi connectivity index (χ2n) is 6.31. The molecule has 0 bridgehead atoms. The van der Waals surface area contributed by atoms with Crippen LogP contribution in [0, 0.1) is 12.7 Å². The van der Waals surface area contributed by atoms with Crippen molar-refractivity contribution in [2.45, 2.75) is 39.3 Å². The number of rotatable bonds is 3. The number of hydrogen-bond acceptors (Lipinski definition) is 2. The summed E-state index contributed by atoms with van der Waals surface area (Å²) in [5.41, 5.74) is 3.92. The van der Waals surface area contributed by atoms with Crippen LogP contribution in [0.4, 0.5) is 10.1 Å². The highest BCUT2D eigenvalue weighted by Crippen LogP contribution is 2.37. The van der Waals surface area contributed by atoms with Gasteiger partial charge < -0.3 is 10.1 Å². The van der Waals surface area contributed by atoms with Crippen molar-refractivity contribution in [2.24, 2.45) is 0 Å². The highest BCUT2D eigenvalue weighted by Gasteiger charge is 2.31. The van der Waals surface area contributed by atoms with Crippen LogP contribution in [-0.4, -0.2) is 5.60 Å². The normalized spacial score (nSPS) is 15.4. The molecule has 0 aromatic heterocycles. The number of fused-ring (bicyclic) bond motifs is 1. The lowest BCUT2D eigenvalue weighted by atomic mass is 10.0. The Labute approximate surface area is 125 Å². The molecule has 2 nitrogen and oxygen atoms in total. The Balaban J connectivity index is 1.79. The molecular weight excluding hydrogens is 265 g/mol. The minimum absolute atomic E-state index is 0.145. The van der Waals surface area contributed by atoms with Crippen LogP contribution in [0.15, 0.2) is 36.4 Å². The third-order valence-electron chi connectivity index (χ3n) is 3.70. The Morgan fingerprint density at radius 3 is 2.81 bits per heavy atom. The zero-order valence-corrected chi connectivity index (χ0v) is 12.7. The molecule has 110 valence electrons. The first-order valence-electron chi connectivity index (χ1n) is 7.24. The molecule has 0 saturated heterocycles. The summed E-state index contributed by atoms with van der Waals surface area (Å²) in [4.78, 5) is 0. The summed E-state index contributed by atoms with van der Waals surface area (Å²) >= 11 is 0. The zero-order chi connectivity index (χ0) is 15.0. The van der Waals surface area contributed by atoms with Gasteiger partial charge in [0.25, 0.3) is 0 Å². The van der Waals surface area contributed by atoms with Gasteiger partial charge in [-0.3, -0.25) is 0 Å². The first-order chi connectivity index (χ1) is 9.93. The molecular formula is C18H20FNO. The highest BCUT2D eigenvalue weighted by molar-refractivity contribution is 5.50. The van der Waals surface area contributed by atoms with Crippen LogP contribution >= 0.6 is 0 Å². The van der Waals surface area contributed by atoms with E-state index in [4.69, 9.17) is 4.74 Å². The number of para-hydroxylation sites is 1. The molecule has 1 N–H and O–H groups in total. The lowest BCUT2D eigenvalue weighted by Gasteiger charge is -2.18. The molecule has 1 heterocycles. The minimum Gasteiger partial charge on any atom is -0.487 e. The topological polar surface area (TPSA) is 21.3 Å². The Morgan fingerprint density at radius 1 is 1.24 bits per heavy atom. The van der Waals surface area contributed by atoms with Crippen LogP contribution in [-0.2, 0) is 13.0 Å². The number of halogens is 1. The third kappa shape index (κ3) is 3.02. The van der Waals surface area contributed by atoms with E-state index in [0.29, 0.717) is 6.54 Å². The quantitative estimate of drug-likeness (QED) is 0.899. The summed E-state index contributed by atoms with van der Waals surface area (Å²) < 4.78 is 19.5. The summed E-state index contributed by atoms with van der Waals surface area (Å²) in [6, 6.07) is 11.2. The number of nitrogens with one attached hydrogen (secondary N) is 1. The maximum atomic E-state index is 13.4. The predicted molar refractivity (Wildman–Crippen MR) is 83.3 cm³/mol. The minimum atomic E-state index is -0.215.